The van der Waals surface area contributed by atoms with Crippen LogP contribution in [0.4, 0.5) is 21.9 Å². The van der Waals surface area contributed by atoms with E-state index in [2.05, 4.69) is 16.0 Å². The fourth-order valence-electron chi connectivity index (χ4n) is 3.47. The Morgan fingerprint density at radius 2 is 1.08 bits per heavy atom. The molecule has 12 nitrogen and oxygen atoms in total. The predicted molar refractivity (Wildman–Crippen MR) is 133 cm³/mol. The van der Waals surface area contributed by atoms with Crippen molar-refractivity contribution >= 4 is 40.9 Å². The fourth-order valence-corrected chi connectivity index (χ4v) is 3.47. The summed E-state index contributed by atoms with van der Waals surface area (Å²) in [6.07, 6.45) is 4.15. The molecule has 12 heteroatoms. The first kappa shape index (κ1) is 26.1. The summed E-state index contributed by atoms with van der Waals surface area (Å²) in [6, 6.07) is 4.55. The van der Waals surface area contributed by atoms with Gasteiger partial charge in [-0.2, -0.15) is 0 Å². The Bertz CT molecular complexity index is 1320. The molecular weight excluding hydrogens is 468 g/mol. The zero-order valence-corrected chi connectivity index (χ0v) is 21.3. The Balaban J connectivity index is 1.68. The number of aryl methyl sites for hydroxylation is 3. The first-order chi connectivity index (χ1) is 16.8. The molecule has 0 unspecified atom stereocenters. The van der Waals surface area contributed by atoms with Gasteiger partial charge in [0.25, 0.3) is 11.8 Å². The van der Waals surface area contributed by atoms with Crippen molar-refractivity contribution in [3.63, 3.8) is 0 Å². The third kappa shape index (κ3) is 6.14. The Kier molecular flexibility index (Phi) is 7.27. The van der Waals surface area contributed by atoms with Gasteiger partial charge in [-0.3, -0.25) is 14.9 Å². The van der Waals surface area contributed by atoms with Crippen molar-refractivity contribution in [1.29, 1.82) is 0 Å². The molecule has 0 spiro atoms. The Labute approximate surface area is 208 Å². The number of hydrogen-bond donors (Lipinski definition) is 3. The van der Waals surface area contributed by atoms with Gasteiger partial charge < -0.3 is 33.8 Å². The first-order valence-electron chi connectivity index (χ1n) is 11.0. The normalized spacial score (nSPS) is 11.1. The molecule has 3 heterocycles. The summed E-state index contributed by atoms with van der Waals surface area (Å²) in [6.45, 7) is 5.26. The molecule has 0 aliphatic heterocycles. The van der Waals surface area contributed by atoms with Crippen molar-refractivity contribution in [3.05, 3.63) is 53.9 Å². The summed E-state index contributed by atoms with van der Waals surface area (Å²) >= 11 is 0. The van der Waals surface area contributed by atoms with Gasteiger partial charge in [-0.15, -0.1) is 0 Å². The van der Waals surface area contributed by atoms with Crippen LogP contribution in [0.15, 0.2) is 36.8 Å². The zero-order chi connectivity index (χ0) is 26.8. The highest BCUT2D eigenvalue weighted by Gasteiger charge is 2.20. The second kappa shape index (κ2) is 10.0. The minimum Gasteiger partial charge on any atom is -0.464 e. The Morgan fingerprint density at radius 1 is 0.694 bits per heavy atom. The highest BCUT2D eigenvalue weighted by molar-refractivity contribution is 6.07. The molecule has 0 saturated carbocycles. The number of anilines is 3. The van der Waals surface area contributed by atoms with Gasteiger partial charge in [0.15, 0.2) is 0 Å². The molecule has 0 aliphatic carbocycles. The lowest BCUT2D eigenvalue weighted by atomic mass is 10.2. The van der Waals surface area contributed by atoms with Crippen LogP contribution in [-0.4, -0.2) is 50.3 Å². The molecule has 3 amide bonds. The number of esters is 1. The third-order valence-corrected chi connectivity index (χ3v) is 5.04. The maximum atomic E-state index is 12.8. The SMILES string of the molecule is COC(=O)c1cc(NC(=O)c2cc(NC(=O)c3cc(NC(=O)OC(C)(C)C)cn3C)cn2C)cn1C. The summed E-state index contributed by atoms with van der Waals surface area (Å²) in [4.78, 5) is 49.4. The number of ether oxygens (including phenoxy) is 2. The summed E-state index contributed by atoms with van der Waals surface area (Å²) < 4.78 is 14.6. The van der Waals surface area contributed by atoms with Crippen LogP contribution in [0.1, 0.15) is 52.2 Å². The smallest absolute Gasteiger partial charge is 0.412 e. The summed E-state index contributed by atoms with van der Waals surface area (Å²) in [5.41, 5.74) is 1.43. The first-order valence-corrected chi connectivity index (χ1v) is 11.0. The standard InChI is InChI=1S/C24H30N6O6/c1-24(2,3)36-23(34)27-16-9-18(29(5)13-16)21(32)25-14-8-17(28(4)11-14)20(31)26-15-10-19(22(33)35-7)30(6)12-15/h8-13H,1-7H3,(H,25,32)(H,26,31)(H,27,34). The number of nitrogens with one attached hydrogen (secondary N) is 3. The van der Waals surface area contributed by atoms with E-state index in [9.17, 15) is 19.2 Å². The number of methoxy groups -OCH3 is 1. The van der Waals surface area contributed by atoms with E-state index in [1.54, 1.807) is 74.2 Å². The van der Waals surface area contributed by atoms with E-state index in [4.69, 9.17) is 9.47 Å². The molecule has 3 N–H and O–H groups in total. The minimum atomic E-state index is -0.652. The summed E-state index contributed by atoms with van der Waals surface area (Å²) in [5, 5.41) is 8.07. The van der Waals surface area contributed by atoms with E-state index in [1.807, 2.05) is 0 Å². The number of nitrogens with zero attached hydrogens (tertiary/aromatic N) is 3. The van der Waals surface area contributed by atoms with E-state index in [0.29, 0.717) is 17.1 Å². The average Bonchev–Trinajstić information content (AvgIpc) is 3.42. The topological polar surface area (TPSA) is 138 Å². The number of hydrogen-bond acceptors (Lipinski definition) is 6. The second-order valence-corrected chi connectivity index (χ2v) is 9.20. The van der Waals surface area contributed by atoms with Crippen molar-refractivity contribution in [2.24, 2.45) is 21.1 Å². The van der Waals surface area contributed by atoms with E-state index in [0.717, 1.165) is 0 Å². The van der Waals surface area contributed by atoms with Crippen LogP contribution in [0.2, 0.25) is 0 Å². The van der Waals surface area contributed by atoms with Crippen LogP contribution >= 0.6 is 0 Å². The maximum absolute atomic E-state index is 12.8. The van der Waals surface area contributed by atoms with Crippen LogP contribution in [0, 0.1) is 0 Å². The van der Waals surface area contributed by atoms with E-state index in [1.165, 1.54) is 25.3 Å². The molecule has 0 saturated heterocycles. The lowest BCUT2D eigenvalue weighted by Crippen LogP contribution is -2.27. The van der Waals surface area contributed by atoms with Crippen LogP contribution < -0.4 is 16.0 Å². The molecule has 3 aromatic heterocycles. The van der Waals surface area contributed by atoms with Crippen molar-refractivity contribution in [1.82, 2.24) is 13.7 Å². The van der Waals surface area contributed by atoms with Gasteiger partial charge in [-0.25, -0.2) is 9.59 Å². The van der Waals surface area contributed by atoms with Crippen LogP contribution in [-0.2, 0) is 30.6 Å². The van der Waals surface area contributed by atoms with Crippen LogP contribution in [0.3, 0.4) is 0 Å². The molecule has 0 fully saturated rings. The number of carbonyl (C=O) groups is 4. The van der Waals surface area contributed by atoms with Gasteiger partial charge in [0, 0.05) is 39.7 Å². The Morgan fingerprint density at radius 3 is 1.50 bits per heavy atom. The lowest BCUT2D eigenvalue weighted by molar-refractivity contribution is 0.0587. The molecule has 192 valence electrons. The van der Waals surface area contributed by atoms with Crippen molar-refractivity contribution in [2.75, 3.05) is 23.1 Å². The Hall–Kier alpha value is -4.48. The molecule has 3 aromatic rings. The number of rotatable bonds is 6. The van der Waals surface area contributed by atoms with Gasteiger partial charge in [0.2, 0.25) is 0 Å². The van der Waals surface area contributed by atoms with Crippen molar-refractivity contribution in [3.8, 4) is 0 Å². The van der Waals surface area contributed by atoms with Crippen molar-refractivity contribution < 1.29 is 28.7 Å². The predicted octanol–water partition coefficient (Wildman–Crippen LogP) is 3.34. The molecule has 0 bridgehead atoms. The minimum absolute atomic E-state index is 0.285. The lowest BCUT2D eigenvalue weighted by Gasteiger charge is -2.19. The molecular formula is C24H30N6O6. The summed E-state index contributed by atoms with van der Waals surface area (Å²) in [7, 11) is 6.28. The largest absolute Gasteiger partial charge is 0.464 e. The molecule has 0 aromatic carbocycles. The quantitative estimate of drug-likeness (QED) is 0.446. The van der Waals surface area contributed by atoms with Gasteiger partial charge in [0.1, 0.15) is 22.7 Å². The van der Waals surface area contributed by atoms with Gasteiger partial charge in [0.05, 0.1) is 24.2 Å². The van der Waals surface area contributed by atoms with Gasteiger partial charge in [-0.05, 0) is 39.0 Å². The number of amides is 3. The van der Waals surface area contributed by atoms with E-state index < -0.39 is 29.5 Å². The van der Waals surface area contributed by atoms with Gasteiger partial charge in [-0.1, -0.05) is 0 Å². The second-order valence-electron chi connectivity index (χ2n) is 9.20. The number of aromatic nitrogens is 3. The molecule has 0 aliphatic rings. The third-order valence-electron chi connectivity index (χ3n) is 5.04. The highest BCUT2D eigenvalue weighted by Crippen LogP contribution is 2.20. The number of carbonyl (C=O) groups excluding carboxylic acids is 4. The molecule has 36 heavy (non-hydrogen) atoms. The average molecular weight is 499 g/mol. The van der Waals surface area contributed by atoms with E-state index in [-0.39, 0.29) is 17.1 Å². The van der Waals surface area contributed by atoms with E-state index >= 15 is 0 Å². The molecule has 0 atom stereocenters. The summed E-state index contributed by atoms with van der Waals surface area (Å²) in [5.74, 6) is -1.38. The van der Waals surface area contributed by atoms with Crippen LogP contribution in [0.25, 0.3) is 0 Å². The molecule has 0 radical (unpaired) electrons. The van der Waals surface area contributed by atoms with Crippen LogP contribution in [0.5, 0.6) is 0 Å². The maximum Gasteiger partial charge on any atom is 0.412 e. The van der Waals surface area contributed by atoms with Crippen molar-refractivity contribution in [2.45, 2.75) is 26.4 Å². The highest BCUT2D eigenvalue weighted by atomic mass is 16.6. The monoisotopic (exact) mass is 498 g/mol. The zero-order valence-electron chi connectivity index (χ0n) is 21.3. The molecule has 3 rings (SSSR count). The van der Waals surface area contributed by atoms with Gasteiger partial charge >= 0.3 is 12.1 Å². The fraction of sp³-hybridized carbons (Fsp3) is 0.333.